The van der Waals surface area contributed by atoms with E-state index in [4.69, 9.17) is 9.47 Å². The van der Waals surface area contributed by atoms with Crippen molar-refractivity contribution in [1.82, 2.24) is 5.32 Å². The lowest BCUT2D eigenvalue weighted by molar-refractivity contribution is -0.121. The number of ether oxygens (including phenoxy) is 2. The van der Waals surface area contributed by atoms with Crippen LogP contribution < -0.4 is 19.1 Å². The number of hydrogen-bond acceptors (Lipinski definition) is 5. The molecule has 0 aliphatic heterocycles. The second-order valence-corrected chi connectivity index (χ2v) is 8.78. The molecule has 0 aliphatic carbocycles. The minimum atomic E-state index is -3.55. The largest absolute Gasteiger partial charge is 0.497 e. The zero-order chi connectivity index (χ0) is 22.1. The number of rotatable bonds is 11. The van der Waals surface area contributed by atoms with Crippen LogP contribution in [0.4, 0.5) is 10.1 Å². The molecule has 1 N–H and O–H groups in total. The van der Waals surface area contributed by atoms with Crippen molar-refractivity contribution in [2.75, 3.05) is 30.8 Å². The first-order chi connectivity index (χ1) is 14.2. The molecule has 9 heteroatoms. The zero-order valence-electron chi connectivity index (χ0n) is 17.3. The van der Waals surface area contributed by atoms with Crippen LogP contribution in [-0.4, -0.2) is 46.9 Å². The van der Waals surface area contributed by atoms with Crippen LogP contribution in [0.5, 0.6) is 11.5 Å². The van der Waals surface area contributed by atoms with Crippen LogP contribution in [0.15, 0.2) is 48.5 Å². The number of methoxy groups -OCH3 is 1. The number of hydrogen-bond donors (Lipinski definition) is 1. The molecule has 1 amide bonds. The molecule has 1 atom stereocenters. The van der Waals surface area contributed by atoms with Crippen LogP contribution >= 0.6 is 0 Å². The Balaban J connectivity index is 1.78. The summed E-state index contributed by atoms with van der Waals surface area (Å²) < 4.78 is 49.1. The molecule has 0 heterocycles. The van der Waals surface area contributed by atoms with E-state index < -0.39 is 15.8 Å². The molecule has 30 heavy (non-hydrogen) atoms. The predicted molar refractivity (Wildman–Crippen MR) is 114 cm³/mol. The summed E-state index contributed by atoms with van der Waals surface area (Å²) in [5, 5.41) is 2.83. The number of carbonyl (C=O) groups is 1. The number of anilines is 1. The normalized spacial score (nSPS) is 12.1. The first-order valence-electron chi connectivity index (χ1n) is 9.48. The first-order valence-corrected chi connectivity index (χ1v) is 11.3. The van der Waals surface area contributed by atoms with Gasteiger partial charge in [0.2, 0.25) is 15.9 Å². The summed E-state index contributed by atoms with van der Waals surface area (Å²) in [6.07, 6.45) is 1.55. The standard InChI is InChI=1S/C21H27FN2O5S/c1-16(15-29-20-12-10-19(28-2)11-13-20)23-21(25)5-4-14-24(30(3,26)27)18-8-6-17(22)7-9-18/h6-13,16H,4-5,14-15H2,1-3H3,(H,23,25)/t16-/m0/s1. The monoisotopic (exact) mass is 438 g/mol. The van der Waals surface area contributed by atoms with Gasteiger partial charge in [-0.2, -0.15) is 0 Å². The predicted octanol–water partition coefficient (Wildman–Crippen LogP) is 2.96. The Morgan fingerprint density at radius 1 is 1.10 bits per heavy atom. The first kappa shape index (κ1) is 23.5. The van der Waals surface area contributed by atoms with Gasteiger partial charge in [-0.15, -0.1) is 0 Å². The van der Waals surface area contributed by atoms with Crippen LogP contribution in [0.3, 0.4) is 0 Å². The number of carbonyl (C=O) groups excluding carboxylic acids is 1. The summed E-state index contributed by atoms with van der Waals surface area (Å²) in [4.78, 5) is 12.2. The third-order valence-electron chi connectivity index (χ3n) is 4.25. The maximum atomic E-state index is 13.1. The lowest BCUT2D eigenvalue weighted by Gasteiger charge is -2.22. The molecule has 7 nitrogen and oxygen atoms in total. The number of nitrogens with one attached hydrogen (secondary N) is 1. The summed E-state index contributed by atoms with van der Waals surface area (Å²) in [5.41, 5.74) is 0.362. The minimum absolute atomic E-state index is 0.120. The lowest BCUT2D eigenvalue weighted by atomic mass is 10.2. The Hall–Kier alpha value is -2.81. The average Bonchev–Trinajstić information content (AvgIpc) is 2.70. The molecule has 2 rings (SSSR count). The van der Waals surface area contributed by atoms with E-state index in [-0.39, 0.29) is 24.9 Å². The molecule has 0 saturated carbocycles. The van der Waals surface area contributed by atoms with E-state index in [1.807, 2.05) is 6.92 Å². The highest BCUT2D eigenvalue weighted by molar-refractivity contribution is 7.92. The van der Waals surface area contributed by atoms with Crippen molar-refractivity contribution in [1.29, 1.82) is 0 Å². The van der Waals surface area contributed by atoms with Gasteiger partial charge in [0.25, 0.3) is 0 Å². The third kappa shape index (κ3) is 7.55. The van der Waals surface area contributed by atoms with Gasteiger partial charge in [-0.05, 0) is 61.9 Å². The molecule has 2 aromatic rings. The number of halogens is 1. The van der Waals surface area contributed by atoms with E-state index in [0.717, 1.165) is 16.3 Å². The number of benzene rings is 2. The summed E-state index contributed by atoms with van der Waals surface area (Å²) in [6.45, 7) is 2.24. The molecular formula is C21H27FN2O5S. The molecule has 0 aliphatic rings. The highest BCUT2D eigenvalue weighted by atomic mass is 32.2. The maximum Gasteiger partial charge on any atom is 0.232 e. The highest BCUT2D eigenvalue weighted by Crippen LogP contribution is 2.19. The van der Waals surface area contributed by atoms with Gasteiger partial charge in [-0.3, -0.25) is 9.10 Å². The van der Waals surface area contributed by atoms with Crippen molar-refractivity contribution < 1.29 is 27.1 Å². The Labute approximate surface area is 176 Å². The van der Waals surface area contributed by atoms with Crippen molar-refractivity contribution in [3.05, 3.63) is 54.3 Å². The topological polar surface area (TPSA) is 84.9 Å². The summed E-state index contributed by atoms with van der Waals surface area (Å²) in [7, 11) is -1.96. The fourth-order valence-electron chi connectivity index (χ4n) is 2.76. The molecule has 0 saturated heterocycles. The van der Waals surface area contributed by atoms with E-state index >= 15 is 0 Å². The average molecular weight is 439 g/mol. The Morgan fingerprint density at radius 3 is 2.27 bits per heavy atom. The van der Waals surface area contributed by atoms with E-state index in [1.54, 1.807) is 31.4 Å². The van der Waals surface area contributed by atoms with E-state index in [1.165, 1.54) is 24.3 Å². The lowest BCUT2D eigenvalue weighted by Crippen LogP contribution is -2.37. The zero-order valence-corrected chi connectivity index (χ0v) is 18.1. The summed E-state index contributed by atoms with van der Waals surface area (Å²) in [5.74, 6) is 0.748. The Bertz CT molecular complexity index is 917. The van der Waals surface area contributed by atoms with E-state index in [0.29, 0.717) is 24.5 Å². The van der Waals surface area contributed by atoms with Gasteiger partial charge >= 0.3 is 0 Å². The SMILES string of the molecule is COc1ccc(OC[C@H](C)NC(=O)CCCN(c2ccc(F)cc2)S(C)(=O)=O)cc1. The molecule has 0 bridgehead atoms. The molecule has 0 aromatic heterocycles. The molecule has 0 spiro atoms. The molecule has 164 valence electrons. The second kappa shape index (κ2) is 10.8. The van der Waals surface area contributed by atoms with Gasteiger partial charge in [0.05, 0.1) is 25.1 Å². The minimum Gasteiger partial charge on any atom is -0.497 e. The molecular weight excluding hydrogens is 411 g/mol. The highest BCUT2D eigenvalue weighted by Gasteiger charge is 2.18. The van der Waals surface area contributed by atoms with Crippen molar-refractivity contribution in [2.24, 2.45) is 0 Å². The van der Waals surface area contributed by atoms with Crippen molar-refractivity contribution in [3.63, 3.8) is 0 Å². The summed E-state index contributed by atoms with van der Waals surface area (Å²) >= 11 is 0. The van der Waals surface area contributed by atoms with E-state index in [2.05, 4.69) is 5.32 Å². The molecule has 0 unspecified atom stereocenters. The van der Waals surface area contributed by atoms with Gasteiger partial charge in [0, 0.05) is 13.0 Å². The van der Waals surface area contributed by atoms with Crippen LogP contribution in [0, 0.1) is 5.82 Å². The van der Waals surface area contributed by atoms with Gasteiger partial charge in [0.15, 0.2) is 0 Å². The number of amides is 1. The second-order valence-electron chi connectivity index (χ2n) is 6.87. The van der Waals surface area contributed by atoms with Crippen LogP contribution in [0.2, 0.25) is 0 Å². The fraction of sp³-hybridized carbons (Fsp3) is 0.381. The van der Waals surface area contributed by atoms with Crippen LogP contribution in [0.25, 0.3) is 0 Å². The van der Waals surface area contributed by atoms with Crippen LogP contribution in [-0.2, 0) is 14.8 Å². The van der Waals surface area contributed by atoms with Gasteiger partial charge < -0.3 is 14.8 Å². The Kier molecular flexibility index (Phi) is 8.46. The van der Waals surface area contributed by atoms with Gasteiger partial charge in [0.1, 0.15) is 23.9 Å². The van der Waals surface area contributed by atoms with Crippen molar-refractivity contribution >= 4 is 21.6 Å². The fourth-order valence-corrected chi connectivity index (χ4v) is 3.72. The molecule has 0 radical (unpaired) electrons. The third-order valence-corrected chi connectivity index (χ3v) is 5.44. The maximum absolute atomic E-state index is 13.1. The smallest absolute Gasteiger partial charge is 0.232 e. The quantitative estimate of drug-likeness (QED) is 0.583. The number of sulfonamides is 1. The van der Waals surface area contributed by atoms with Crippen molar-refractivity contribution in [3.8, 4) is 11.5 Å². The number of nitrogens with zero attached hydrogens (tertiary/aromatic N) is 1. The van der Waals surface area contributed by atoms with Crippen molar-refractivity contribution in [2.45, 2.75) is 25.8 Å². The van der Waals surface area contributed by atoms with Gasteiger partial charge in [-0.1, -0.05) is 0 Å². The van der Waals surface area contributed by atoms with Gasteiger partial charge in [-0.25, -0.2) is 12.8 Å². The van der Waals surface area contributed by atoms with E-state index in [9.17, 15) is 17.6 Å². The Morgan fingerprint density at radius 2 is 1.70 bits per heavy atom. The van der Waals surface area contributed by atoms with Crippen LogP contribution in [0.1, 0.15) is 19.8 Å². The molecule has 0 fully saturated rings. The molecule has 2 aromatic carbocycles. The summed E-state index contributed by atoms with van der Waals surface area (Å²) in [6, 6.07) is 12.1.